The third-order valence-electron chi connectivity index (χ3n) is 5.82. The smallest absolute Gasteiger partial charge is 0.341 e. The number of hydrogen-bond donors (Lipinski definition) is 1. The lowest BCUT2D eigenvalue weighted by molar-refractivity contribution is -0.152. The van der Waals surface area contributed by atoms with E-state index in [0.29, 0.717) is 28.5 Å². The van der Waals surface area contributed by atoms with Gasteiger partial charge in [0.1, 0.15) is 14.7 Å². The van der Waals surface area contributed by atoms with Crippen molar-refractivity contribution >= 4 is 57.4 Å². The molecule has 1 aliphatic heterocycles. The molecular weight excluding hydrogens is 505 g/mol. The van der Waals surface area contributed by atoms with Crippen LogP contribution in [-0.4, -0.2) is 42.2 Å². The standard InChI is InChI=1S/C23H23Cl2NO7S/c1-4-30-20(28)18-12(2)16(8-13-5-6-14-15(7-13)33-11-32-14)34-19(18)26-17(27)9-31-21(29)22(3)10-23(22,24)25/h5-7H,4,8-11H2,1-3H3,(H,26,27)/t22-/m0/s1. The number of carbonyl (C=O) groups is 3. The van der Waals surface area contributed by atoms with Gasteiger partial charge in [0.25, 0.3) is 5.91 Å². The van der Waals surface area contributed by atoms with Gasteiger partial charge in [0, 0.05) is 17.7 Å². The molecule has 2 aromatic rings. The third-order valence-corrected chi connectivity index (χ3v) is 8.13. The molecule has 1 N–H and O–H groups in total. The summed E-state index contributed by atoms with van der Waals surface area (Å²) >= 11 is 13.2. The average molecular weight is 528 g/mol. The summed E-state index contributed by atoms with van der Waals surface area (Å²) in [7, 11) is 0. The first-order valence-electron chi connectivity index (χ1n) is 10.6. The zero-order valence-corrected chi connectivity index (χ0v) is 21.1. The molecule has 1 amide bonds. The minimum atomic E-state index is -1.19. The number of rotatable bonds is 8. The molecule has 1 aromatic carbocycles. The second-order valence-electron chi connectivity index (χ2n) is 8.28. The molecule has 0 radical (unpaired) electrons. The van der Waals surface area contributed by atoms with Crippen LogP contribution in [0.2, 0.25) is 0 Å². The van der Waals surface area contributed by atoms with E-state index >= 15 is 0 Å². The predicted octanol–water partition coefficient (Wildman–Crippen LogP) is 4.62. The Morgan fingerprint density at radius 3 is 2.56 bits per heavy atom. The van der Waals surface area contributed by atoms with Gasteiger partial charge in [0.05, 0.1) is 12.2 Å². The van der Waals surface area contributed by atoms with Crippen LogP contribution in [0.3, 0.4) is 0 Å². The number of amides is 1. The van der Waals surface area contributed by atoms with E-state index in [4.69, 9.17) is 42.1 Å². The van der Waals surface area contributed by atoms with Crippen LogP contribution in [0.1, 0.15) is 46.6 Å². The molecule has 2 heterocycles. The lowest BCUT2D eigenvalue weighted by Gasteiger charge is -2.12. The molecule has 34 heavy (non-hydrogen) atoms. The third kappa shape index (κ3) is 4.69. The van der Waals surface area contributed by atoms with E-state index in [1.165, 1.54) is 11.3 Å². The largest absolute Gasteiger partial charge is 0.462 e. The fourth-order valence-electron chi connectivity index (χ4n) is 3.58. The van der Waals surface area contributed by atoms with Gasteiger partial charge in [-0.05, 0) is 44.0 Å². The van der Waals surface area contributed by atoms with Crippen LogP contribution in [0.15, 0.2) is 18.2 Å². The number of hydrogen-bond acceptors (Lipinski definition) is 8. The van der Waals surface area contributed by atoms with Crippen molar-refractivity contribution in [1.82, 2.24) is 0 Å². The summed E-state index contributed by atoms with van der Waals surface area (Å²) in [6, 6.07) is 5.64. The van der Waals surface area contributed by atoms with Gasteiger partial charge in [-0.2, -0.15) is 0 Å². The molecule has 2 aliphatic rings. The Bertz CT molecular complexity index is 1160. The quantitative estimate of drug-likeness (QED) is 0.394. The molecule has 1 aromatic heterocycles. The number of halogens is 2. The number of esters is 2. The molecule has 1 saturated carbocycles. The highest BCUT2D eigenvalue weighted by Gasteiger charge is 2.69. The summed E-state index contributed by atoms with van der Waals surface area (Å²) in [6.45, 7) is 4.92. The molecule has 0 bridgehead atoms. The molecule has 0 saturated heterocycles. The lowest BCUT2D eigenvalue weighted by Crippen LogP contribution is -2.27. The van der Waals surface area contributed by atoms with Crippen molar-refractivity contribution in [2.75, 3.05) is 25.3 Å². The second kappa shape index (κ2) is 9.28. The van der Waals surface area contributed by atoms with Crippen LogP contribution in [0.4, 0.5) is 5.00 Å². The van der Waals surface area contributed by atoms with Crippen LogP contribution in [0.5, 0.6) is 11.5 Å². The van der Waals surface area contributed by atoms with Crippen molar-refractivity contribution in [3.8, 4) is 11.5 Å². The minimum absolute atomic E-state index is 0.181. The summed E-state index contributed by atoms with van der Waals surface area (Å²) in [4.78, 5) is 38.3. The molecule has 0 spiro atoms. The zero-order valence-electron chi connectivity index (χ0n) is 18.8. The van der Waals surface area contributed by atoms with Crippen LogP contribution in [0.25, 0.3) is 0 Å². The number of carbonyl (C=O) groups excluding carboxylic acids is 3. The number of ether oxygens (including phenoxy) is 4. The molecule has 0 unspecified atom stereocenters. The summed E-state index contributed by atoms with van der Waals surface area (Å²) in [5, 5.41) is 3.01. The van der Waals surface area contributed by atoms with Gasteiger partial charge in [0.2, 0.25) is 6.79 Å². The number of fused-ring (bicyclic) bond motifs is 1. The van der Waals surface area contributed by atoms with E-state index in [2.05, 4.69) is 5.32 Å². The predicted molar refractivity (Wildman–Crippen MR) is 127 cm³/mol. The highest BCUT2D eigenvalue weighted by molar-refractivity contribution is 7.17. The summed E-state index contributed by atoms with van der Waals surface area (Å²) in [5.41, 5.74) is 0.896. The molecule has 1 fully saturated rings. The van der Waals surface area contributed by atoms with E-state index in [9.17, 15) is 14.4 Å². The van der Waals surface area contributed by atoms with Crippen LogP contribution < -0.4 is 14.8 Å². The maximum Gasteiger partial charge on any atom is 0.341 e. The van der Waals surface area contributed by atoms with Crippen LogP contribution in [0, 0.1) is 12.3 Å². The second-order valence-corrected chi connectivity index (χ2v) is 10.9. The Hall–Kier alpha value is -2.49. The van der Waals surface area contributed by atoms with Crippen molar-refractivity contribution in [1.29, 1.82) is 0 Å². The fraction of sp³-hybridized carbons (Fsp3) is 0.435. The van der Waals surface area contributed by atoms with Crippen molar-refractivity contribution in [2.45, 2.75) is 37.9 Å². The van der Waals surface area contributed by atoms with Gasteiger partial charge in [-0.15, -0.1) is 34.5 Å². The molecule has 11 heteroatoms. The first-order valence-corrected chi connectivity index (χ1v) is 12.2. The SMILES string of the molecule is CCOC(=O)c1c(NC(=O)COC(=O)[C@]2(C)CC2(Cl)Cl)sc(Cc2ccc3c(c2)OCO3)c1C. The van der Waals surface area contributed by atoms with E-state index < -0.39 is 34.2 Å². The highest BCUT2D eigenvalue weighted by atomic mass is 35.5. The van der Waals surface area contributed by atoms with E-state index in [0.717, 1.165) is 10.4 Å². The van der Waals surface area contributed by atoms with E-state index in [1.807, 2.05) is 18.2 Å². The molecule has 8 nitrogen and oxygen atoms in total. The topological polar surface area (TPSA) is 100 Å². The summed E-state index contributed by atoms with van der Waals surface area (Å²) in [6.07, 6.45) is 0.764. The Kier molecular flexibility index (Phi) is 6.72. The maximum absolute atomic E-state index is 12.6. The normalized spacial score (nSPS) is 19.4. The Labute approximate surface area is 210 Å². The number of anilines is 1. The van der Waals surface area contributed by atoms with E-state index in [-0.39, 0.29) is 25.4 Å². The average Bonchev–Trinajstić information content (AvgIpc) is 3.09. The molecular formula is C23H23Cl2NO7S. The van der Waals surface area contributed by atoms with Gasteiger partial charge >= 0.3 is 11.9 Å². The van der Waals surface area contributed by atoms with Gasteiger partial charge in [-0.25, -0.2) is 4.79 Å². The monoisotopic (exact) mass is 527 g/mol. The fourth-order valence-corrected chi connectivity index (χ4v) is 5.51. The molecule has 182 valence electrons. The van der Waals surface area contributed by atoms with Crippen LogP contribution >= 0.6 is 34.5 Å². The van der Waals surface area contributed by atoms with Crippen LogP contribution in [-0.2, 0) is 25.5 Å². The molecule has 4 rings (SSSR count). The van der Waals surface area contributed by atoms with Crippen molar-refractivity contribution < 1.29 is 33.3 Å². The number of nitrogens with one attached hydrogen (secondary N) is 1. The first-order chi connectivity index (χ1) is 16.1. The van der Waals surface area contributed by atoms with Crippen molar-refractivity contribution in [3.63, 3.8) is 0 Å². The number of thiophene rings is 1. The Balaban J connectivity index is 1.49. The summed E-state index contributed by atoms with van der Waals surface area (Å²) in [5.74, 6) is -0.435. The highest BCUT2D eigenvalue weighted by Crippen LogP contribution is 2.64. The zero-order chi connectivity index (χ0) is 24.7. The van der Waals surface area contributed by atoms with Gasteiger partial charge in [0.15, 0.2) is 18.1 Å². The van der Waals surface area contributed by atoms with Gasteiger partial charge < -0.3 is 24.3 Å². The van der Waals surface area contributed by atoms with Crippen molar-refractivity contribution in [3.05, 3.63) is 39.8 Å². The Morgan fingerprint density at radius 1 is 1.18 bits per heavy atom. The Morgan fingerprint density at radius 2 is 1.88 bits per heavy atom. The molecule has 1 atom stereocenters. The summed E-state index contributed by atoms with van der Waals surface area (Å²) < 4.78 is 19.9. The minimum Gasteiger partial charge on any atom is -0.462 e. The number of alkyl halides is 2. The maximum atomic E-state index is 12.6. The first kappa shape index (κ1) is 24.6. The lowest BCUT2D eigenvalue weighted by atomic mass is 10.1. The van der Waals surface area contributed by atoms with E-state index in [1.54, 1.807) is 20.8 Å². The van der Waals surface area contributed by atoms with Gasteiger partial charge in [-0.1, -0.05) is 6.07 Å². The molecule has 1 aliphatic carbocycles. The number of benzene rings is 1. The van der Waals surface area contributed by atoms with Crippen molar-refractivity contribution in [2.24, 2.45) is 5.41 Å². The van der Waals surface area contributed by atoms with Gasteiger partial charge in [-0.3, -0.25) is 9.59 Å².